The minimum Gasteiger partial charge on any atom is -0.335 e. The number of carbonyl (C=O) groups excluding carboxylic acids is 1. The molecule has 0 atom stereocenters. The summed E-state index contributed by atoms with van der Waals surface area (Å²) in [5, 5.41) is 3.44. The van der Waals surface area contributed by atoms with E-state index in [1.54, 1.807) is 6.92 Å². The van der Waals surface area contributed by atoms with E-state index in [4.69, 9.17) is 0 Å². The minimum absolute atomic E-state index is 0.169. The number of amides is 1. The van der Waals surface area contributed by atoms with Crippen LogP contribution in [0.15, 0.2) is 0 Å². The maximum atomic E-state index is 11.6. The first-order valence-corrected chi connectivity index (χ1v) is 5.74. The molecule has 0 unspecified atom stereocenters. The van der Waals surface area contributed by atoms with Crippen LogP contribution in [0.2, 0.25) is 0 Å². The molecule has 3 nitrogen and oxygen atoms in total. The van der Waals surface area contributed by atoms with Gasteiger partial charge in [-0.25, -0.2) is 0 Å². The van der Waals surface area contributed by atoms with Crippen LogP contribution in [0.3, 0.4) is 0 Å². The summed E-state index contributed by atoms with van der Waals surface area (Å²) in [5.74, 6) is 0.258. The van der Waals surface area contributed by atoms with Crippen LogP contribution in [0.25, 0.3) is 0 Å². The molecule has 1 heterocycles. The summed E-state index contributed by atoms with van der Waals surface area (Å²) in [4.78, 5) is 13.7. The van der Waals surface area contributed by atoms with Crippen molar-refractivity contribution in [1.29, 1.82) is 0 Å². The second-order valence-corrected chi connectivity index (χ2v) is 4.63. The summed E-state index contributed by atoms with van der Waals surface area (Å²) >= 11 is 0. The Labute approximate surface area is 85.8 Å². The van der Waals surface area contributed by atoms with Crippen LogP contribution in [0.4, 0.5) is 0 Å². The van der Waals surface area contributed by atoms with E-state index >= 15 is 0 Å². The van der Waals surface area contributed by atoms with Crippen molar-refractivity contribution in [1.82, 2.24) is 10.2 Å². The molecule has 1 spiro atoms. The fraction of sp³-hybridized carbons (Fsp3) is 0.909. The average molecular weight is 196 g/mol. The van der Waals surface area contributed by atoms with Crippen LogP contribution in [-0.2, 0) is 4.79 Å². The van der Waals surface area contributed by atoms with Gasteiger partial charge in [0.25, 0.3) is 0 Å². The highest BCUT2D eigenvalue weighted by atomic mass is 16.2. The summed E-state index contributed by atoms with van der Waals surface area (Å²) in [7, 11) is 0. The number of nitrogens with zero attached hydrogens (tertiary/aromatic N) is 1. The Morgan fingerprint density at radius 3 is 2.64 bits per heavy atom. The molecule has 0 aromatic carbocycles. The van der Waals surface area contributed by atoms with Gasteiger partial charge in [-0.15, -0.1) is 0 Å². The lowest BCUT2D eigenvalue weighted by Crippen LogP contribution is -2.63. The Morgan fingerprint density at radius 2 is 2.00 bits per heavy atom. The Bertz CT molecular complexity index is 213. The Kier molecular flexibility index (Phi) is 2.77. The van der Waals surface area contributed by atoms with Gasteiger partial charge in [0.1, 0.15) is 0 Å². The van der Waals surface area contributed by atoms with E-state index in [-0.39, 0.29) is 11.4 Å². The van der Waals surface area contributed by atoms with Gasteiger partial charge >= 0.3 is 0 Å². The van der Waals surface area contributed by atoms with Gasteiger partial charge in [-0.2, -0.15) is 0 Å². The van der Waals surface area contributed by atoms with Crippen LogP contribution in [0.1, 0.15) is 39.0 Å². The summed E-state index contributed by atoms with van der Waals surface area (Å²) in [6, 6.07) is 0. The molecule has 1 aliphatic heterocycles. The minimum atomic E-state index is 0.169. The molecule has 2 fully saturated rings. The zero-order valence-corrected chi connectivity index (χ0v) is 9.01. The molecule has 1 aliphatic carbocycles. The molecular formula is C11H20N2O. The smallest absolute Gasteiger partial charge is 0.219 e. The van der Waals surface area contributed by atoms with Crippen LogP contribution < -0.4 is 5.32 Å². The van der Waals surface area contributed by atoms with Gasteiger partial charge < -0.3 is 10.2 Å². The van der Waals surface area contributed by atoms with Gasteiger partial charge in [0.2, 0.25) is 5.91 Å². The lowest BCUT2D eigenvalue weighted by atomic mass is 9.79. The molecule has 0 aromatic rings. The summed E-state index contributed by atoms with van der Waals surface area (Å²) < 4.78 is 0. The molecule has 80 valence electrons. The van der Waals surface area contributed by atoms with Crippen LogP contribution >= 0.6 is 0 Å². The number of piperazine rings is 1. The fourth-order valence-corrected chi connectivity index (χ4v) is 2.99. The molecule has 1 saturated heterocycles. The third kappa shape index (κ3) is 1.65. The highest BCUT2D eigenvalue weighted by molar-refractivity contribution is 5.74. The average Bonchev–Trinajstić information content (AvgIpc) is 2.19. The molecule has 0 radical (unpaired) electrons. The second kappa shape index (κ2) is 3.89. The highest BCUT2D eigenvalue weighted by Gasteiger charge is 2.40. The van der Waals surface area contributed by atoms with Crippen molar-refractivity contribution >= 4 is 5.91 Å². The molecule has 3 heteroatoms. The van der Waals surface area contributed by atoms with Gasteiger partial charge in [-0.05, 0) is 12.8 Å². The summed E-state index contributed by atoms with van der Waals surface area (Å²) in [6.45, 7) is 4.57. The zero-order valence-electron chi connectivity index (χ0n) is 9.01. The lowest BCUT2D eigenvalue weighted by Gasteiger charge is -2.49. The Balaban J connectivity index is 2.14. The number of carbonyl (C=O) groups is 1. The molecule has 0 bridgehead atoms. The van der Waals surface area contributed by atoms with Gasteiger partial charge in [0.15, 0.2) is 0 Å². The first-order chi connectivity index (χ1) is 6.75. The summed E-state index contributed by atoms with van der Waals surface area (Å²) in [5.41, 5.74) is 0.169. The largest absolute Gasteiger partial charge is 0.335 e. The van der Waals surface area contributed by atoms with E-state index in [0.29, 0.717) is 0 Å². The van der Waals surface area contributed by atoms with Crippen molar-refractivity contribution in [2.24, 2.45) is 0 Å². The first kappa shape index (κ1) is 9.97. The van der Waals surface area contributed by atoms with Gasteiger partial charge in [-0.3, -0.25) is 4.79 Å². The van der Waals surface area contributed by atoms with E-state index in [1.807, 2.05) is 0 Å². The molecule has 1 amide bonds. The quantitative estimate of drug-likeness (QED) is 0.630. The van der Waals surface area contributed by atoms with Crippen molar-refractivity contribution < 1.29 is 4.79 Å². The van der Waals surface area contributed by atoms with Crippen LogP contribution in [0.5, 0.6) is 0 Å². The Hall–Kier alpha value is -0.570. The molecule has 2 aliphatic rings. The Morgan fingerprint density at radius 1 is 1.29 bits per heavy atom. The fourth-order valence-electron chi connectivity index (χ4n) is 2.99. The van der Waals surface area contributed by atoms with Crippen LogP contribution in [0, 0.1) is 0 Å². The molecule has 0 aromatic heterocycles. The number of hydrogen-bond donors (Lipinski definition) is 1. The predicted octanol–water partition coefficient (Wildman–Crippen LogP) is 1.14. The topological polar surface area (TPSA) is 32.3 Å². The SMILES string of the molecule is CC(=O)N1CCNCC12CCCCC2. The monoisotopic (exact) mass is 196 g/mol. The highest BCUT2D eigenvalue weighted by Crippen LogP contribution is 2.34. The van der Waals surface area contributed by atoms with E-state index in [9.17, 15) is 4.79 Å². The third-order valence-electron chi connectivity index (χ3n) is 3.70. The lowest BCUT2D eigenvalue weighted by molar-refractivity contribution is -0.138. The first-order valence-electron chi connectivity index (χ1n) is 5.74. The van der Waals surface area contributed by atoms with Gasteiger partial charge in [0, 0.05) is 26.6 Å². The maximum absolute atomic E-state index is 11.6. The van der Waals surface area contributed by atoms with E-state index < -0.39 is 0 Å². The van der Waals surface area contributed by atoms with E-state index in [1.165, 1.54) is 32.1 Å². The van der Waals surface area contributed by atoms with Crippen molar-refractivity contribution in [2.45, 2.75) is 44.6 Å². The van der Waals surface area contributed by atoms with Crippen molar-refractivity contribution in [3.8, 4) is 0 Å². The van der Waals surface area contributed by atoms with Crippen molar-refractivity contribution in [2.75, 3.05) is 19.6 Å². The normalized spacial score (nSPS) is 26.5. The standard InChI is InChI=1S/C11H20N2O/c1-10(14)13-8-7-12-9-11(13)5-3-2-4-6-11/h12H,2-9H2,1H3. The molecule has 1 saturated carbocycles. The van der Waals surface area contributed by atoms with Crippen molar-refractivity contribution in [3.63, 3.8) is 0 Å². The maximum Gasteiger partial charge on any atom is 0.219 e. The predicted molar refractivity (Wildman–Crippen MR) is 56.1 cm³/mol. The number of hydrogen-bond acceptors (Lipinski definition) is 2. The number of nitrogens with one attached hydrogen (secondary N) is 1. The molecule has 2 rings (SSSR count). The second-order valence-electron chi connectivity index (χ2n) is 4.63. The van der Waals surface area contributed by atoms with Gasteiger partial charge in [0.05, 0.1) is 5.54 Å². The van der Waals surface area contributed by atoms with E-state index in [2.05, 4.69) is 10.2 Å². The zero-order chi connectivity index (χ0) is 10.0. The van der Waals surface area contributed by atoms with E-state index in [0.717, 1.165) is 19.6 Å². The van der Waals surface area contributed by atoms with Crippen LogP contribution in [-0.4, -0.2) is 36.0 Å². The third-order valence-corrected chi connectivity index (χ3v) is 3.70. The van der Waals surface area contributed by atoms with Crippen molar-refractivity contribution in [3.05, 3.63) is 0 Å². The molecule has 14 heavy (non-hydrogen) atoms. The number of rotatable bonds is 0. The molecular weight excluding hydrogens is 176 g/mol. The summed E-state index contributed by atoms with van der Waals surface area (Å²) in [6.07, 6.45) is 6.30. The molecule has 1 N–H and O–H groups in total. The van der Waals surface area contributed by atoms with Gasteiger partial charge in [-0.1, -0.05) is 19.3 Å².